The van der Waals surface area contributed by atoms with Crippen LogP contribution in [0.1, 0.15) is 5.69 Å². The number of hydrogen-bond acceptors (Lipinski definition) is 5. The summed E-state index contributed by atoms with van der Waals surface area (Å²) < 4.78 is 2.72. The molecule has 4 rings (SSSR count). The van der Waals surface area contributed by atoms with Crippen LogP contribution in [0.4, 0.5) is 0 Å². The van der Waals surface area contributed by atoms with Crippen molar-refractivity contribution in [2.75, 3.05) is 0 Å². The summed E-state index contributed by atoms with van der Waals surface area (Å²) >= 11 is 3.41. The lowest BCUT2D eigenvalue weighted by Gasteiger charge is -2.02. The molecule has 8 heteroatoms. The zero-order chi connectivity index (χ0) is 15.6. The van der Waals surface area contributed by atoms with E-state index in [2.05, 4.69) is 36.6 Å². The van der Waals surface area contributed by atoms with Crippen LogP contribution in [-0.4, -0.2) is 30.2 Å². The molecule has 0 radical (unpaired) electrons. The Morgan fingerprint density at radius 1 is 0.957 bits per heavy atom. The van der Waals surface area contributed by atoms with Crippen LogP contribution in [-0.2, 0) is 6.61 Å². The topological polar surface area (TPSA) is 70.7 Å². The van der Waals surface area contributed by atoms with E-state index < -0.39 is 0 Å². The van der Waals surface area contributed by atoms with Gasteiger partial charge < -0.3 is 4.84 Å². The minimum atomic E-state index is 0.254. The van der Waals surface area contributed by atoms with Gasteiger partial charge in [0.25, 0.3) is 0 Å². The molecule has 0 amide bonds. The van der Waals surface area contributed by atoms with Gasteiger partial charge in [-0.2, -0.15) is 0 Å². The fourth-order valence-electron chi connectivity index (χ4n) is 2.15. The average Bonchev–Trinajstić information content (AvgIpc) is 3.20. The van der Waals surface area contributed by atoms with Gasteiger partial charge in [0, 0.05) is 4.47 Å². The van der Waals surface area contributed by atoms with E-state index in [0.717, 1.165) is 21.2 Å². The summed E-state index contributed by atoms with van der Waals surface area (Å²) in [6.45, 7) is 0.254. The molecule has 0 aliphatic rings. The lowest BCUT2D eigenvalue weighted by Crippen LogP contribution is -2.13. The summed E-state index contributed by atoms with van der Waals surface area (Å²) in [7, 11) is 0. The van der Waals surface area contributed by atoms with Gasteiger partial charge in [-0.1, -0.05) is 38.1 Å². The van der Waals surface area contributed by atoms with Gasteiger partial charge in [0.2, 0.25) is 0 Å². The van der Waals surface area contributed by atoms with Crippen molar-refractivity contribution >= 4 is 27.0 Å². The molecule has 0 bridgehead atoms. The maximum Gasteiger partial charge on any atom is 0.162 e. The second-order valence-corrected chi connectivity index (χ2v) is 5.77. The zero-order valence-electron chi connectivity index (χ0n) is 11.9. The average molecular weight is 371 g/mol. The van der Waals surface area contributed by atoms with Crippen LogP contribution in [0.5, 0.6) is 0 Å². The van der Waals surface area contributed by atoms with E-state index in [-0.39, 0.29) is 6.61 Å². The van der Waals surface area contributed by atoms with Gasteiger partial charge in [0.05, 0.1) is 11.9 Å². The molecule has 23 heavy (non-hydrogen) atoms. The van der Waals surface area contributed by atoms with Crippen LogP contribution >= 0.6 is 15.9 Å². The maximum atomic E-state index is 5.63. The third-order valence-electron chi connectivity index (χ3n) is 3.29. The Morgan fingerprint density at radius 2 is 1.78 bits per heavy atom. The molecule has 0 saturated heterocycles. The molecular weight excluding hydrogens is 360 g/mol. The first kappa shape index (κ1) is 13.9. The Balaban J connectivity index is 1.51. The number of para-hydroxylation sites is 1. The summed E-state index contributed by atoms with van der Waals surface area (Å²) in [5.74, 6) is 0. The molecule has 0 aliphatic carbocycles. The highest BCUT2D eigenvalue weighted by atomic mass is 79.9. The summed E-state index contributed by atoms with van der Waals surface area (Å²) in [5, 5.41) is 16.2. The Hall–Kier alpha value is -2.74. The Morgan fingerprint density at radius 3 is 2.65 bits per heavy atom. The molecule has 0 aliphatic heterocycles. The zero-order valence-corrected chi connectivity index (χ0v) is 13.5. The number of hydrogen-bond donors (Lipinski definition) is 0. The molecule has 0 fully saturated rings. The Bertz CT molecular complexity index is 946. The summed E-state index contributed by atoms with van der Waals surface area (Å²) in [6, 6.07) is 15.4. The minimum Gasteiger partial charge on any atom is -0.388 e. The van der Waals surface area contributed by atoms with E-state index in [9.17, 15) is 0 Å². The van der Waals surface area contributed by atoms with Crippen LogP contribution in [0.15, 0.2) is 59.2 Å². The Labute approximate surface area is 139 Å². The van der Waals surface area contributed by atoms with Crippen LogP contribution in [0.3, 0.4) is 0 Å². The fourth-order valence-corrected chi connectivity index (χ4v) is 2.42. The van der Waals surface area contributed by atoms with Crippen molar-refractivity contribution in [3.05, 3.63) is 64.9 Å². The van der Waals surface area contributed by atoms with Gasteiger partial charge in [0.1, 0.15) is 16.7 Å². The quantitative estimate of drug-likeness (QED) is 0.551. The number of aromatic nitrogens is 6. The summed E-state index contributed by atoms with van der Waals surface area (Å²) in [4.78, 5) is 7.03. The van der Waals surface area contributed by atoms with Gasteiger partial charge in [-0.25, -0.2) is 4.68 Å². The molecule has 2 aromatic heterocycles. The SMILES string of the molecule is Brc1ccc(-n2cc(COn3nnc4ccccc43)nn2)cc1. The van der Waals surface area contributed by atoms with Crippen molar-refractivity contribution in [3.63, 3.8) is 0 Å². The molecule has 0 spiro atoms. The molecule has 4 aromatic rings. The van der Waals surface area contributed by atoms with Gasteiger partial charge >= 0.3 is 0 Å². The van der Waals surface area contributed by atoms with Crippen LogP contribution in [0.2, 0.25) is 0 Å². The van der Waals surface area contributed by atoms with E-state index in [4.69, 9.17) is 4.84 Å². The lowest BCUT2D eigenvalue weighted by molar-refractivity contribution is 0.0731. The molecule has 0 N–H and O–H groups in total. The highest BCUT2D eigenvalue weighted by Crippen LogP contribution is 2.13. The van der Waals surface area contributed by atoms with E-state index in [0.29, 0.717) is 5.69 Å². The molecule has 0 unspecified atom stereocenters. The molecule has 0 atom stereocenters. The first-order valence-corrected chi connectivity index (χ1v) is 7.70. The number of benzene rings is 2. The predicted molar refractivity (Wildman–Crippen MR) is 86.9 cm³/mol. The van der Waals surface area contributed by atoms with Crippen molar-refractivity contribution in [1.82, 2.24) is 30.2 Å². The van der Waals surface area contributed by atoms with E-state index >= 15 is 0 Å². The number of rotatable bonds is 4. The molecule has 7 nitrogen and oxygen atoms in total. The minimum absolute atomic E-state index is 0.254. The highest BCUT2D eigenvalue weighted by molar-refractivity contribution is 9.10. The molecule has 2 heterocycles. The normalized spacial score (nSPS) is 11.0. The summed E-state index contributed by atoms with van der Waals surface area (Å²) in [5.41, 5.74) is 3.23. The second kappa shape index (κ2) is 5.81. The largest absolute Gasteiger partial charge is 0.388 e. The fraction of sp³-hybridized carbons (Fsp3) is 0.0667. The van der Waals surface area contributed by atoms with Crippen LogP contribution < -0.4 is 4.84 Å². The van der Waals surface area contributed by atoms with Gasteiger partial charge in [-0.05, 0) is 41.6 Å². The second-order valence-electron chi connectivity index (χ2n) is 4.86. The predicted octanol–water partition coefficient (Wildman–Crippen LogP) is 2.40. The van der Waals surface area contributed by atoms with Crippen molar-refractivity contribution in [3.8, 4) is 5.69 Å². The number of nitrogens with zero attached hydrogens (tertiary/aromatic N) is 6. The standard InChI is InChI=1S/C15H11BrN6O/c16-11-5-7-13(8-6-11)21-9-12(17-19-21)10-23-22-15-4-2-1-3-14(15)18-20-22/h1-9H,10H2. The van der Waals surface area contributed by atoms with Crippen molar-refractivity contribution in [1.29, 1.82) is 0 Å². The first-order valence-electron chi connectivity index (χ1n) is 6.90. The first-order chi connectivity index (χ1) is 11.3. The monoisotopic (exact) mass is 370 g/mol. The van der Waals surface area contributed by atoms with E-state index in [1.165, 1.54) is 4.85 Å². The molecule has 2 aromatic carbocycles. The third-order valence-corrected chi connectivity index (χ3v) is 3.82. The maximum absolute atomic E-state index is 5.63. The van der Waals surface area contributed by atoms with Crippen LogP contribution in [0.25, 0.3) is 16.7 Å². The van der Waals surface area contributed by atoms with E-state index in [1.807, 2.05) is 54.7 Å². The van der Waals surface area contributed by atoms with Gasteiger partial charge in [-0.15, -0.1) is 10.2 Å². The van der Waals surface area contributed by atoms with E-state index in [1.54, 1.807) is 4.68 Å². The van der Waals surface area contributed by atoms with Gasteiger partial charge in [0.15, 0.2) is 6.61 Å². The molecule has 0 saturated carbocycles. The van der Waals surface area contributed by atoms with Crippen molar-refractivity contribution in [2.45, 2.75) is 6.61 Å². The smallest absolute Gasteiger partial charge is 0.162 e. The molecular formula is C15H11BrN6O. The van der Waals surface area contributed by atoms with Crippen LogP contribution in [0, 0.1) is 0 Å². The summed E-state index contributed by atoms with van der Waals surface area (Å²) in [6.07, 6.45) is 1.82. The van der Waals surface area contributed by atoms with Crippen molar-refractivity contribution < 1.29 is 4.84 Å². The number of halogens is 1. The van der Waals surface area contributed by atoms with Crippen molar-refractivity contribution in [2.24, 2.45) is 0 Å². The van der Waals surface area contributed by atoms with Gasteiger partial charge in [-0.3, -0.25) is 0 Å². The lowest BCUT2D eigenvalue weighted by atomic mass is 10.3. The highest BCUT2D eigenvalue weighted by Gasteiger charge is 2.07. The third kappa shape index (κ3) is 2.80. The number of fused-ring (bicyclic) bond motifs is 1. The molecule has 114 valence electrons. The Kier molecular flexibility index (Phi) is 3.51.